The van der Waals surface area contributed by atoms with Crippen LogP contribution in [0.25, 0.3) is 0 Å². The molecule has 0 aliphatic carbocycles. The summed E-state index contributed by atoms with van der Waals surface area (Å²) in [6.45, 7) is 11.4. The van der Waals surface area contributed by atoms with Gasteiger partial charge in [0.25, 0.3) is 0 Å². The minimum Gasteiger partial charge on any atom is -0.312 e. The monoisotopic (exact) mass is 279 g/mol. The van der Waals surface area contributed by atoms with Gasteiger partial charge in [-0.15, -0.1) is 0 Å². The van der Waals surface area contributed by atoms with E-state index in [1.54, 1.807) is 0 Å². The van der Waals surface area contributed by atoms with Crippen LogP contribution in [-0.2, 0) is 6.42 Å². The van der Waals surface area contributed by atoms with Crippen LogP contribution in [0.1, 0.15) is 51.8 Å². The largest absolute Gasteiger partial charge is 0.312 e. The van der Waals surface area contributed by atoms with Crippen molar-refractivity contribution in [1.29, 1.82) is 0 Å². The third-order valence-corrected chi connectivity index (χ3v) is 4.39. The van der Waals surface area contributed by atoms with Crippen LogP contribution in [0, 0.1) is 5.92 Å². The van der Waals surface area contributed by atoms with Crippen LogP contribution < -0.4 is 5.32 Å². The van der Waals surface area contributed by atoms with E-state index in [1.165, 1.54) is 11.1 Å². The number of hydrogen-bond acceptors (Lipinski definition) is 2. The van der Waals surface area contributed by atoms with E-state index in [9.17, 15) is 0 Å². The molecule has 1 rings (SSSR count). The van der Waals surface area contributed by atoms with Crippen molar-refractivity contribution in [2.75, 3.05) is 12.8 Å². The third kappa shape index (κ3) is 6.49. The number of hydrogen-bond donors (Lipinski definition) is 1. The number of nitrogens with one attached hydrogen (secondary N) is 1. The first kappa shape index (κ1) is 16.6. The fourth-order valence-corrected chi connectivity index (χ4v) is 3.11. The van der Waals surface area contributed by atoms with Crippen LogP contribution in [0.2, 0.25) is 0 Å². The Kier molecular flexibility index (Phi) is 6.41. The maximum Gasteiger partial charge on any atom is 0.0409 e. The first-order chi connectivity index (χ1) is 8.81. The van der Waals surface area contributed by atoms with Gasteiger partial charge in [0.15, 0.2) is 0 Å². The third-order valence-electron chi connectivity index (χ3n) is 3.03. The molecule has 0 aromatic heterocycles. The molecule has 0 fully saturated rings. The molecular formula is C17H29NS. The highest BCUT2D eigenvalue weighted by Crippen LogP contribution is 2.28. The Hall–Kier alpha value is -0.470. The quantitative estimate of drug-likeness (QED) is 0.811. The Morgan fingerprint density at radius 2 is 1.89 bits per heavy atom. The summed E-state index contributed by atoms with van der Waals surface area (Å²) >= 11 is 2.02. The SMILES string of the molecule is CNC(CSC(C)(C)C)c1cccc(CC(C)C)c1. The van der Waals surface area contributed by atoms with Gasteiger partial charge in [-0.2, -0.15) is 11.8 Å². The molecule has 1 N–H and O–H groups in total. The standard InChI is InChI=1S/C17H29NS/c1-13(2)10-14-8-7-9-15(11-14)16(18-6)12-19-17(3,4)5/h7-9,11,13,16,18H,10,12H2,1-6H3. The normalized spacial score (nSPS) is 13.8. The van der Waals surface area contributed by atoms with Crippen LogP contribution in [-0.4, -0.2) is 17.5 Å². The summed E-state index contributed by atoms with van der Waals surface area (Å²) in [6, 6.07) is 9.49. The Morgan fingerprint density at radius 3 is 2.42 bits per heavy atom. The van der Waals surface area contributed by atoms with Gasteiger partial charge in [-0.1, -0.05) is 58.9 Å². The molecule has 0 bridgehead atoms. The van der Waals surface area contributed by atoms with E-state index in [-0.39, 0.29) is 0 Å². The predicted molar refractivity (Wildman–Crippen MR) is 89.0 cm³/mol. The Balaban J connectivity index is 2.75. The second-order valence-electron chi connectivity index (χ2n) is 6.61. The summed E-state index contributed by atoms with van der Waals surface area (Å²) in [5, 5.41) is 3.45. The van der Waals surface area contributed by atoms with Gasteiger partial charge in [-0.3, -0.25) is 0 Å². The van der Waals surface area contributed by atoms with Crippen LogP contribution in [0.5, 0.6) is 0 Å². The minimum atomic E-state index is 0.324. The van der Waals surface area contributed by atoms with Crippen molar-refractivity contribution in [3.63, 3.8) is 0 Å². The van der Waals surface area contributed by atoms with Gasteiger partial charge in [0.2, 0.25) is 0 Å². The highest BCUT2D eigenvalue weighted by atomic mass is 32.2. The first-order valence-corrected chi connectivity index (χ1v) is 8.20. The van der Waals surface area contributed by atoms with E-state index in [2.05, 4.69) is 71.2 Å². The molecule has 0 aliphatic heterocycles. The van der Waals surface area contributed by atoms with Crippen molar-refractivity contribution >= 4 is 11.8 Å². The van der Waals surface area contributed by atoms with Crippen molar-refractivity contribution in [1.82, 2.24) is 5.32 Å². The summed E-state index contributed by atoms with van der Waals surface area (Å²) < 4.78 is 0.324. The van der Waals surface area contributed by atoms with Gasteiger partial charge in [0.1, 0.15) is 0 Å². The molecule has 0 heterocycles. The average Bonchev–Trinajstić information content (AvgIpc) is 2.28. The van der Waals surface area contributed by atoms with E-state index < -0.39 is 0 Å². The maximum absolute atomic E-state index is 3.45. The Morgan fingerprint density at radius 1 is 1.21 bits per heavy atom. The van der Waals surface area contributed by atoms with Gasteiger partial charge in [0, 0.05) is 16.5 Å². The molecule has 0 saturated heterocycles. The molecule has 1 unspecified atom stereocenters. The summed E-state index contributed by atoms with van der Waals surface area (Å²) in [5.74, 6) is 1.83. The zero-order valence-electron chi connectivity index (χ0n) is 13.3. The van der Waals surface area contributed by atoms with Gasteiger partial charge in [0.05, 0.1) is 0 Å². The van der Waals surface area contributed by atoms with E-state index in [4.69, 9.17) is 0 Å². The number of rotatable bonds is 6. The van der Waals surface area contributed by atoms with Gasteiger partial charge >= 0.3 is 0 Å². The summed E-state index contributed by atoms with van der Waals surface area (Å²) in [7, 11) is 2.06. The topological polar surface area (TPSA) is 12.0 Å². The predicted octanol–water partition coefficient (Wildman–Crippen LogP) is 4.68. The fourth-order valence-electron chi connectivity index (χ4n) is 2.09. The van der Waals surface area contributed by atoms with Crippen molar-refractivity contribution < 1.29 is 0 Å². The molecule has 1 aromatic carbocycles. The zero-order chi connectivity index (χ0) is 14.5. The molecule has 0 amide bonds. The molecule has 0 spiro atoms. The Labute approximate surface area is 123 Å². The fraction of sp³-hybridized carbons (Fsp3) is 0.647. The Bertz CT molecular complexity index is 379. The lowest BCUT2D eigenvalue weighted by Crippen LogP contribution is -2.22. The van der Waals surface area contributed by atoms with Gasteiger partial charge in [-0.25, -0.2) is 0 Å². The van der Waals surface area contributed by atoms with Crippen molar-refractivity contribution in [2.45, 2.75) is 51.8 Å². The molecule has 1 atom stereocenters. The average molecular weight is 279 g/mol. The molecule has 1 aromatic rings. The van der Waals surface area contributed by atoms with Gasteiger partial charge < -0.3 is 5.32 Å². The number of thioether (sulfide) groups is 1. The van der Waals surface area contributed by atoms with Crippen molar-refractivity contribution in [3.8, 4) is 0 Å². The van der Waals surface area contributed by atoms with Gasteiger partial charge in [-0.05, 0) is 30.5 Å². The van der Waals surface area contributed by atoms with Crippen LogP contribution in [0.4, 0.5) is 0 Å². The highest BCUT2D eigenvalue weighted by molar-refractivity contribution is 8.00. The lowest BCUT2D eigenvalue weighted by Gasteiger charge is -2.23. The van der Waals surface area contributed by atoms with Crippen LogP contribution in [0.15, 0.2) is 24.3 Å². The summed E-state index contributed by atoms with van der Waals surface area (Å²) in [6.07, 6.45) is 1.16. The second kappa shape index (κ2) is 7.35. The summed E-state index contributed by atoms with van der Waals surface area (Å²) in [5.41, 5.74) is 2.87. The van der Waals surface area contributed by atoms with Crippen LogP contribution >= 0.6 is 11.8 Å². The van der Waals surface area contributed by atoms with Crippen molar-refractivity contribution in [2.24, 2.45) is 5.92 Å². The second-order valence-corrected chi connectivity index (χ2v) is 8.45. The lowest BCUT2D eigenvalue weighted by molar-refractivity contribution is 0.637. The van der Waals surface area contributed by atoms with Crippen LogP contribution in [0.3, 0.4) is 0 Å². The molecular weight excluding hydrogens is 250 g/mol. The highest BCUT2D eigenvalue weighted by Gasteiger charge is 2.16. The molecule has 0 radical (unpaired) electrons. The van der Waals surface area contributed by atoms with E-state index in [1.807, 2.05) is 11.8 Å². The van der Waals surface area contributed by atoms with Crippen molar-refractivity contribution in [3.05, 3.63) is 35.4 Å². The molecule has 1 nitrogen and oxygen atoms in total. The van der Waals surface area contributed by atoms with E-state index >= 15 is 0 Å². The molecule has 19 heavy (non-hydrogen) atoms. The zero-order valence-corrected chi connectivity index (χ0v) is 14.1. The molecule has 0 aliphatic rings. The first-order valence-electron chi connectivity index (χ1n) is 7.22. The molecule has 0 saturated carbocycles. The maximum atomic E-state index is 3.45. The van der Waals surface area contributed by atoms with E-state index in [0.29, 0.717) is 16.7 Å². The van der Waals surface area contributed by atoms with E-state index in [0.717, 1.165) is 12.2 Å². The lowest BCUT2D eigenvalue weighted by atomic mass is 9.99. The summed E-state index contributed by atoms with van der Waals surface area (Å²) in [4.78, 5) is 0. The smallest absolute Gasteiger partial charge is 0.0409 e. The minimum absolute atomic E-state index is 0.324. The number of benzene rings is 1. The molecule has 108 valence electrons. The molecule has 2 heteroatoms.